The van der Waals surface area contributed by atoms with Crippen LogP contribution in [-0.2, 0) is 6.42 Å². The van der Waals surface area contributed by atoms with Gasteiger partial charge in [0.2, 0.25) is 0 Å². The molecule has 1 fully saturated rings. The smallest absolute Gasteiger partial charge is 0.123 e. The number of hydrogen-bond acceptors (Lipinski definition) is 1. The number of halogens is 1. The maximum Gasteiger partial charge on any atom is 0.123 e. The first-order chi connectivity index (χ1) is 8.75. The normalized spacial score (nSPS) is 20.1. The first kappa shape index (κ1) is 13.5. The van der Waals surface area contributed by atoms with Crippen LogP contribution in [0.25, 0.3) is 0 Å². The summed E-state index contributed by atoms with van der Waals surface area (Å²) in [6.45, 7) is 0. The fourth-order valence-electron chi connectivity index (χ4n) is 2.94. The summed E-state index contributed by atoms with van der Waals surface area (Å²) in [6.07, 6.45) is 8.90. The van der Waals surface area contributed by atoms with Crippen molar-refractivity contribution in [1.29, 1.82) is 0 Å². The predicted octanol–water partition coefficient (Wildman–Crippen LogP) is 4.09. The van der Waals surface area contributed by atoms with Crippen LogP contribution in [0, 0.1) is 11.7 Å². The zero-order valence-corrected chi connectivity index (χ0v) is 10.9. The lowest BCUT2D eigenvalue weighted by molar-refractivity contribution is 0.0913. The minimum atomic E-state index is -0.315. The van der Waals surface area contributed by atoms with E-state index in [0.29, 0.717) is 12.3 Å². The van der Waals surface area contributed by atoms with Crippen molar-refractivity contribution in [1.82, 2.24) is 0 Å². The van der Waals surface area contributed by atoms with E-state index in [4.69, 9.17) is 0 Å². The number of aliphatic hydroxyl groups is 1. The van der Waals surface area contributed by atoms with Gasteiger partial charge in [0, 0.05) is 0 Å². The van der Waals surface area contributed by atoms with Crippen LogP contribution in [0.5, 0.6) is 0 Å². The van der Waals surface area contributed by atoms with Crippen LogP contribution in [0.2, 0.25) is 0 Å². The van der Waals surface area contributed by atoms with Gasteiger partial charge in [0.1, 0.15) is 5.82 Å². The van der Waals surface area contributed by atoms with E-state index in [2.05, 4.69) is 0 Å². The molecular formula is C16H23FO. The van der Waals surface area contributed by atoms with E-state index >= 15 is 0 Å². The molecule has 0 heterocycles. The lowest BCUT2D eigenvalue weighted by Crippen LogP contribution is -2.23. The molecule has 2 rings (SSSR count). The van der Waals surface area contributed by atoms with Gasteiger partial charge in [0.05, 0.1) is 6.10 Å². The van der Waals surface area contributed by atoms with Gasteiger partial charge in [-0.3, -0.25) is 0 Å². The highest BCUT2D eigenvalue weighted by Gasteiger charge is 2.20. The van der Waals surface area contributed by atoms with Crippen molar-refractivity contribution in [2.45, 2.75) is 57.5 Å². The monoisotopic (exact) mass is 250 g/mol. The average Bonchev–Trinajstić information content (AvgIpc) is 2.28. The zero-order valence-electron chi connectivity index (χ0n) is 10.9. The second kappa shape index (κ2) is 6.89. The van der Waals surface area contributed by atoms with Gasteiger partial charge in [-0.15, -0.1) is 0 Å². The lowest BCUT2D eigenvalue weighted by Gasteiger charge is -2.25. The van der Waals surface area contributed by atoms with Crippen molar-refractivity contribution in [2.75, 3.05) is 0 Å². The lowest BCUT2D eigenvalue weighted by atomic mass is 9.85. The molecule has 1 aromatic rings. The van der Waals surface area contributed by atoms with Crippen molar-refractivity contribution in [3.05, 3.63) is 35.6 Å². The Morgan fingerprint density at radius 2 is 1.78 bits per heavy atom. The third-order valence-corrected chi connectivity index (χ3v) is 4.03. The standard InChI is InChI=1S/C16H23FO/c17-15-10-6-7-13(11-15)12-16(18)14-8-4-2-1-3-5-9-14/h6-7,10-11,14,16,18H,1-5,8-9,12H2. The van der Waals surface area contributed by atoms with E-state index in [0.717, 1.165) is 18.4 Å². The third-order valence-electron chi connectivity index (χ3n) is 4.03. The average molecular weight is 250 g/mol. The molecule has 1 aliphatic carbocycles. The van der Waals surface area contributed by atoms with Crippen molar-refractivity contribution in [3.63, 3.8) is 0 Å². The molecule has 0 amide bonds. The summed E-state index contributed by atoms with van der Waals surface area (Å²) in [5.41, 5.74) is 0.907. The fourth-order valence-corrected chi connectivity index (χ4v) is 2.94. The van der Waals surface area contributed by atoms with E-state index in [9.17, 15) is 9.50 Å². The van der Waals surface area contributed by atoms with Crippen LogP contribution in [0.4, 0.5) is 4.39 Å². The van der Waals surface area contributed by atoms with Gasteiger partial charge in [0.15, 0.2) is 0 Å². The Hall–Kier alpha value is -0.890. The molecule has 0 radical (unpaired) electrons. The summed E-state index contributed by atoms with van der Waals surface area (Å²) in [7, 11) is 0. The zero-order chi connectivity index (χ0) is 12.8. The molecule has 100 valence electrons. The van der Waals surface area contributed by atoms with E-state index < -0.39 is 0 Å². The number of rotatable bonds is 3. The highest BCUT2D eigenvalue weighted by atomic mass is 19.1. The molecule has 1 aromatic carbocycles. The molecule has 18 heavy (non-hydrogen) atoms. The maximum atomic E-state index is 13.1. The van der Waals surface area contributed by atoms with Crippen LogP contribution in [0.15, 0.2) is 24.3 Å². The first-order valence-corrected chi connectivity index (χ1v) is 7.18. The summed E-state index contributed by atoms with van der Waals surface area (Å²) in [4.78, 5) is 0. The van der Waals surface area contributed by atoms with Crippen LogP contribution in [0.3, 0.4) is 0 Å². The predicted molar refractivity (Wildman–Crippen MR) is 71.9 cm³/mol. The third kappa shape index (κ3) is 4.09. The molecule has 1 atom stereocenters. The number of hydrogen-bond donors (Lipinski definition) is 1. The number of aliphatic hydroxyl groups excluding tert-OH is 1. The number of benzene rings is 1. The molecule has 0 bridgehead atoms. The molecule has 0 aliphatic heterocycles. The van der Waals surface area contributed by atoms with E-state index in [1.165, 1.54) is 44.2 Å². The van der Waals surface area contributed by atoms with Gasteiger partial charge in [-0.2, -0.15) is 0 Å². The summed E-state index contributed by atoms with van der Waals surface area (Å²) in [6, 6.07) is 6.60. The summed E-state index contributed by atoms with van der Waals surface area (Å²) >= 11 is 0. The Balaban J connectivity index is 1.91. The second-order valence-electron chi connectivity index (χ2n) is 5.51. The highest BCUT2D eigenvalue weighted by molar-refractivity contribution is 5.17. The molecule has 2 heteroatoms. The Labute approximate surface area is 109 Å². The van der Waals surface area contributed by atoms with Gasteiger partial charge in [-0.1, -0.05) is 44.2 Å². The minimum absolute atomic E-state index is 0.211. The maximum absolute atomic E-state index is 13.1. The summed E-state index contributed by atoms with van der Waals surface area (Å²) in [5, 5.41) is 10.3. The van der Waals surface area contributed by atoms with Crippen molar-refractivity contribution in [2.24, 2.45) is 5.92 Å². The molecule has 1 N–H and O–H groups in total. The van der Waals surface area contributed by atoms with Crippen LogP contribution in [0.1, 0.15) is 50.5 Å². The van der Waals surface area contributed by atoms with E-state index in [1.807, 2.05) is 6.07 Å². The van der Waals surface area contributed by atoms with Crippen molar-refractivity contribution < 1.29 is 9.50 Å². The highest BCUT2D eigenvalue weighted by Crippen LogP contribution is 2.26. The molecule has 0 spiro atoms. The van der Waals surface area contributed by atoms with E-state index in [-0.39, 0.29) is 11.9 Å². The molecule has 1 aliphatic rings. The summed E-state index contributed by atoms with van der Waals surface area (Å²) < 4.78 is 13.1. The second-order valence-corrected chi connectivity index (χ2v) is 5.51. The largest absolute Gasteiger partial charge is 0.392 e. The van der Waals surface area contributed by atoms with Gasteiger partial charge < -0.3 is 5.11 Å². The fraction of sp³-hybridized carbons (Fsp3) is 0.625. The van der Waals surface area contributed by atoms with Crippen molar-refractivity contribution >= 4 is 0 Å². The Bertz CT molecular complexity index is 356. The van der Waals surface area contributed by atoms with Gasteiger partial charge in [-0.05, 0) is 42.9 Å². The molecule has 1 nitrogen and oxygen atoms in total. The quantitative estimate of drug-likeness (QED) is 0.856. The van der Waals surface area contributed by atoms with Crippen LogP contribution in [-0.4, -0.2) is 11.2 Å². The van der Waals surface area contributed by atoms with Crippen LogP contribution >= 0.6 is 0 Å². The first-order valence-electron chi connectivity index (χ1n) is 7.18. The summed E-state index contributed by atoms with van der Waals surface area (Å²) in [5.74, 6) is 0.186. The molecule has 0 saturated heterocycles. The van der Waals surface area contributed by atoms with Gasteiger partial charge >= 0.3 is 0 Å². The Morgan fingerprint density at radius 1 is 1.11 bits per heavy atom. The van der Waals surface area contributed by atoms with Crippen molar-refractivity contribution in [3.8, 4) is 0 Å². The molecule has 0 aromatic heterocycles. The molecule has 1 unspecified atom stereocenters. The Morgan fingerprint density at radius 3 is 2.44 bits per heavy atom. The Kier molecular flexibility index (Phi) is 5.18. The van der Waals surface area contributed by atoms with Crippen LogP contribution < -0.4 is 0 Å². The molecule has 1 saturated carbocycles. The van der Waals surface area contributed by atoms with Gasteiger partial charge in [-0.25, -0.2) is 4.39 Å². The molecular weight excluding hydrogens is 227 g/mol. The SMILES string of the molecule is OC(Cc1cccc(F)c1)C1CCCCCCC1. The van der Waals surface area contributed by atoms with E-state index in [1.54, 1.807) is 6.07 Å². The van der Waals surface area contributed by atoms with Gasteiger partial charge in [0.25, 0.3) is 0 Å². The topological polar surface area (TPSA) is 20.2 Å². The minimum Gasteiger partial charge on any atom is -0.392 e.